The molecule has 4 heteroatoms. The molecule has 0 radical (unpaired) electrons. The maximum Gasteiger partial charge on any atom is 0.151 e. The number of hydrogen-bond acceptors (Lipinski definition) is 3. The summed E-state index contributed by atoms with van der Waals surface area (Å²) in [5.41, 5.74) is 0.432. The third-order valence-electron chi connectivity index (χ3n) is 3.14. The molecule has 1 saturated carbocycles. The Labute approximate surface area is 95.2 Å². The zero-order valence-corrected chi connectivity index (χ0v) is 9.72. The summed E-state index contributed by atoms with van der Waals surface area (Å²) in [5.74, 6) is 0.813. The van der Waals surface area contributed by atoms with E-state index in [0.29, 0.717) is 10.6 Å². The SMILES string of the molecule is CC1(CNc2ccc(Cl)nn2)CCCC1. The van der Waals surface area contributed by atoms with Gasteiger partial charge in [-0.05, 0) is 30.4 Å². The summed E-state index contributed by atoms with van der Waals surface area (Å²) in [7, 11) is 0. The molecule has 0 aliphatic heterocycles. The predicted molar refractivity (Wildman–Crippen MR) is 62.1 cm³/mol. The molecular weight excluding hydrogens is 210 g/mol. The molecular formula is C11H16ClN3. The van der Waals surface area contributed by atoms with Crippen molar-refractivity contribution >= 4 is 17.4 Å². The fourth-order valence-corrected chi connectivity index (χ4v) is 2.22. The molecule has 0 aromatic carbocycles. The zero-order chi connectivity index (χ0) is 10.7. The first-order valence-electron chi connectivity index (χ1n) is 5.41. The van der Waals surface area contributed by atoms with Gasteiger partial charge < -0.3 is 5.32 Å². The highest BCUT2D eigenvalue weighted by Crippen LogP contribution is 2.37. The van der Waals surface area contributed by atoms with E-state index in [0.717, 1.165) is 12.4 Å². The molecule has 0 spiro atoms. The highest BCUT2D eigenvalue weighted by atomic mass is 35.5. The van der Waals surface area contributed by atoms with E-state index in [-0.39, 0.29) is 0 Å². The quantitative estimate of drug-likeness (QED) is 0.859. The molecule has 1 aliphatic rings. The lowest BCUT2D eigenvalue weighted by Gasteiger charge is -2.23. The fraction of sp³-hybridized carbons (Fsp3) is 0.636. The third kappa shape index (κ3) is 2.81. The van der Waals surface area contributed by atoms with Gasteiger partial charge in [-0.15, -0.1) is 10.2 Å². The van der Waals surface area contributed by atoms with Gasteiger partial charge in [0, 0.05) is 6.54 Å². The van der Waals surface area contributed by atoms with Gasteiger partial charge in [0.15, 0.2) is 5.15 Å². The molecule has 0 bridgehead atoms. The van der Waals surface area contributed by atoms with Crippen molar-refractivity contribution in [2.75, 3.05) is 11.9 Å². The normalized spacial score (nSPS) is 19.1. The molecule has 1 N–H and O–H groups in total. The lowest BCUT2D eigenvalue weighted by Crippen LogP contribution is -2.23. The highest BCUT2D eigenvalue weighted by Gasteiger charge is 2.28. The van der Waals surface area contributed by atoms with Gasteiger partial charge in [0.05, 0.1) is 0 Å². The van der Waals surface area contributed by atoms with E-state index in [1.807, 2.05) is 6.07 Å². The molecule has 1 aromatic rings. The monoisotopic (exact) mass is 225 g/mol. The minimum absolute atomic E-state index is 0.432. The molecule has 0 atom stereocenters. The van der Waals surface area contributed by atoms with Crippen LogP contribution in [0.5, 0.6) is 0 Å². The lowest BCUT2D eigenvalue weighted by atomic mass is 9.89. The first-order chi connectivity index (χ1) is 7.18. The van der Waals surface area contributed by atoms with Gasteiger partial charge in [0.2, 0.25) is 0 Å². The Balaban J connectivity index is 1.90. The summed E-state index contributed by atoms with van der Waals surface area (Å²) >= 11 is 5.66. The molecule has 0 amide bonds. The summed E-state index contributed by atoms with van der Waals surface area (Å²) in [4.78, 5) is 0. The van der Waals surface area contributed by atoms with Gasteiger partial charge in [-0.25, -0.2) is 0 Å². The van der Waals surface area contributed by atoms with Gasteiger partial charge >= 0.3 is 0 Å². The summed E-state index contributed by atoms with van der Waals surface area (Å²) in [6.07, 6.45) is 5.32. The average Bonchev–Trinajstić information content (AvgIpc) is 2.65. The summed E-state index contributed by atoms with van der Waals surface area (Å²) in [6, 6.07) is 3.63. The van der Waals surface area contributed by atoms with Crippen molar-refractivity contribution in [3.05, 3.63) is 17.3 Å². The van der Waals surface area contributed by atoms with E-state index in [4.69, 9.17) is 11.6 Å². The Kier molecular flexibility index (Phi) is 3.10. The summed E-state index contributed by atoms with van der Waals surface area (Å²) in [6.45, 7) is 3.31. The van der Waals surface area contributed by atoms with Crippen molar-refractivity contribution in [3.63, 3.8) is 0 Å². The van der Waals surface area contributed by atoms with Crippen molar-refractivity contribution in [2.24, 2.45) is 5.41 Å². The molecule has 1 aliphatic carbocycles. The van der Waals surface area contributed by atoms with Crippen molar-refractivity contribution in [1.29, 1.82) is 0 Å². The minimum Gasteiger partial charge on any atom is -0.368 e. The number of rotatable bonds is 3. The summed E-state index contributed by atoms with van der Waals surface area (Å²) < 4.78 is 0. The number of anilines is 1. The number of halogens is 1. The lowest BCUT2D eigenvalue weighted by molar-refractivity contribution is 0.361. The first-order valence-corrected chi connectivity index (χ1v) is 5.79. The molecule has 0 saturated heterocycles. The Bertz CT molecular complexity index is 317. The van der Waals surface area contributed by atoms with Crippen LogP contribution in [0.15, 0.2) is 12.1 Å². The van der Waals surface area contributed by atoms with Crippen LogP contribution >= 0.6 is 11.6 Å². The van der Waals surface area contributed by atoms with Crippen LogP contribution in [0, 0.1) is 5.41 Å². The summed E-state index contributed by atoms with van der Waals surface area (Å²) in [5, 5.41) is 11.5. The predicted octanol–water partition coefficient (Wildman–Crippen LogP) is 3.12. The van der Waals surface area contributed by atoms with Crippen LogP contribution in [-0.4, -0.2) is 16.7 Å². The maximum atomic E-state index is 5.66. The number of nitrogens with zero attached hydrogens (tertiary/aromatic N) is 2. The third-order valence-corrected chi connectivity index (χ3v) is 3.34. The van der Waals surface area contributed by atoms with E-state index < -0.39 is 0 Å². The topological polar surface area (TPSA) is 37.8 Å². The largest absolute Gasteiger partial charge is 0.368 e. The molecule has 3 nitrogen and oxygen atoms in total. The van der Waals surface area contributed by atoms with Crippen LogP contribution in [0.1, 0.15) is 32.6 Å². The standard InChI is InChI=1S/C11H16ClN3/c1-11(6-2-3-7-11)8-13-10-5-4-9(12)14-15-10/h4-5H,2-3,6-8H2,1H3,(H,13,15). The van der Waals surface area contributed by atoms with E-state index in [1.165, 1.54) is 25.7 Å². The van der Waals surface area contributed by atoms with Crippen LogP contribution in [-0.2, 0) is 0 Å². The van der Waals surface area contributed by atoms with Crippen LogP contribution in [0.25, 0.3) is 0 Å². The second kappa shape index (κ2) is 4.35. The van der Waals surface area contributed by atoms with Crippen LogP contribution < -0.4 is 5.32 Å². The molecule has 1 aromatic heterocycles. The highest BCUT2D eigenvalue weighted by molar-refractivity contribution is 6.29. The molecule has 2 rings (SSSR count). The average molecular weight is 226 g/mol. The second-order valence-electron chi connectivity index (χ2n) is 4.61. The van der Waals surface area contributed by atoms with Crippen LogP contribution in [0.2, 0.25) is 5.15 Å². The van der Waals surface area contributed by atoms with E-state index in [1.54, 1.807) is 6.07 Å². The Morgan fingerprint density at radius 3 is 2.67 bits per heavy atom. The number of aromatic nitrogens is 2. The van der Waals surface area contributed by atoms with E-state index >= 15 is 0 Å². The zero-order valence-electron chi connectivity index (χ0n) is 8.96. The van der Waals surface area contributed by atoms with Crippen molar-refractivity contribution in [2.45, 2.75) is 32.6 Å². The first kappa shape index (κ1) is 10.7. The fourth-order valence-electron chi connectivity index (χ4n) is 2.12. The maximum absolute atomic E-state index is 5.66. The van der Waals surface area contributed by atoms with E-state index in [9.17, 15) is 0 Å². The molecule has 82 valence electrons. The van der Waals surface area contributed by atoms with Crippen molar-refractivity contribution in [1.82, 2.24) is 10.2 Å². The molecule has 1 heterocycles. The van der Waals surface area contributed by atoms with Crippen molar-refractivity contribution in [3.8, 4) is 0 Å². The Hall–Kier alpha value is -0.830. The molecule has 0 unspecified atom stereocenters. The van der Waals surface area contributed by atoms with Gasteiger partial charge in [0.1, 0.15) is 5.82 Å². The van der Waals surface area contributed by atoms with Gasteiger partial charge in [-0.3, -0.25) is 0 Å². The smallest absolute Gasteiger partial charge is 0.151 e. The number of hydrogen-bond donors (Lipinski definition) is 1. The van der Waals surface area contributed by atoms with Gasteiger partial charge in [-0.1, -0.05) is 31.4 Å². The van der Waals surface area contributed by atoms with Crippen LogP contribution in [0.4, 0.5) is 5.82 Å². The molecule has 15 heavy (non-hydrogen) atoms. The Morgan fingerprint density at radius 1 is 1.33 bits per heavy atom. The van der Waals surface area contributed by atoms with Crippen molar-refractivity contribution < 1.29 is 0 Å². The van der Waals surface area contributed by atoms with Gasteiger partial charge in [-0.2, -0.15) is 0 Å². The van der Waals surface area contributed by atoms with Gasteiger partial charge in [0.25, 0.3) is 0 Å². The molecule has 1 fully saturated rings. The number of nitrogens with one attached hydrogen (secondary N) is 1. The Morgan fingerprint density at radius 2 is 2.07 bits per heavy atom. The second-order valence-corrected chi connectivity index (χ2v) is 5.00. The minimum atomic E-state index is 0.432. The van der Waals surface area contributed by atoms with E-state index in [2.05, 4.69) is 22.4 Å². The van der Waals surface area contributed by atoms with Crippen LogP contribution in [0.3, 0.4) is 0 Å².